The maximum atomic E-state index is 12.2. The van der Waals surface area contributed by atoms with E-state index in [1.54, 1.807) is 25.1 Å². The Bertz CT molecular complexity index is 769. The molecule has 7 heteroatoms. The quantitative estimate of drug-likeness (QED) is 0.408. The number of rotatable bonds is 5. The molecule has 2 rings (SSSR count). The van der Waals surface area contributed by atoms with Crippen molar-refractivity contribution in [1.82, 2.24) is 0 Å². The highest BCUT2D eigenvalue weighted by atomic mass is 79.9. The molecule has 0 fully saturated rings. The Morgan fingerprint density at radius 3 is 2.57 bits per heavy atom. The van der Waals surface area contributed by atoms with Gasteiger partial charge in [-0.3, -0.25) is 14.9 Å². The first-order valence-electron chi connectivity index (χ1n) is 6.66. The van der Waals surface area contributed by atoms with Gasteiger partial charge in [-0.2, -0.15) is 0 Å². The van der Waals surface area contributed by atoms with Gasteiger partial charge in [-0.25, -0.2) is 0 Å². The molecule has 0 atom stereocenters. The molecule has 0 spiro atoms. The molecule has 0 aliphatic rings. The second kappa shape index (κ2) is 7.10. The predicted octanol–water partition coefficient (Wildman–Crippen LogP) is 4.89. The molecule has 120 valence electrons. The Hall–Kier alpha value is -1.92. The van der Waals surface area contributed by atoms with Crippen LogP contribution in [-0.2, 0) is 0 Å². The number of halogens is 2. The van der Waals surface area contributed by atoms with Gasteiger partial charge in [0.1, 0.15) is 5.75 Å². The second-order valence-corrected chi connectivity index (χ2v) is 6.33. The minimum atomic E-state index is -0.511. The Balaban J connectivity index is 2.18. The molecule has 5 nitrogen and oxygen atoms in total. The summed E-state index contributed by atoms with van der Waals surface area (Å²) < 4.78 is 6.31. The van der Waals surface area contributed by atoms with Gasteiger partial charge >= 0.3 is 0 Å². The van der Waals surface area contributed by atoms with Gasteiger partial charge in [0.15, 0.2) is 12.4 Å². The lowest BCUT2D eigenvalue weighted by Gasteiger charge is -2.11. The fourth-order valence-electron chi connectivity index (χ4n) is 2.07. The lowest BCUT2D eigenvalue weighted by Crippen LogP contribution is -2.13. The first-order chi connectivity index (χ1) is 10.8. The van der Waals surface area contributed by atoms with Crippen molar-refractivity contribution in [1.29, 1.82) is 0 Å². The van der Waals surface area contributed by atoms with Crippen molar-refractivity contribution in [3.63, 3.8) is 0 Å². The fourth-order valence-corrected chi connectivity index (χ4v) is 3.10. The summed E-state index contributed by atoms with van der Waals surface area (Å²) in [5.74, 6) is 0.0660. The Kier molecular flexibility index (Phi) is 5.38. The van der Waals surface area contributed by atoms with Crippen molar-refractivity contribution >= 4 is 39.0 Å². The molecule has 2 aromatic rings. The minimum Gasteiger partial charge on any atom is -0.484 e. The maximum Gasteiger partial charge on any atom is 0.273 e. The molecule has 0 aliphatic heterocycles. The summed E-state index contributed by atoms with van der Waals surface area (Å²) in [4.78, 5) is 22.6. The van der Waals surface area contributed by atoms with E-state index in [1.165, 1.54) is 6.07 Å². The number of nitro groups is 1. The minimum absolute atomic E-state index is 0.0892. The Morgan fingerprint density at radius 1 is 1.26 bits per heavy atom. The highest BCUT2D eigenvalue weighted by molar-refractivity contribution is 9.10. The molecular weight excluding hydrogens is 386 g/mol. The summed E-state index contributed by atoms with van der Waals surface area (Å²) in [6.45, 7) is 3.18. The lowest BCUT2D eigenvalue weighted by molar-refractivity contribution is -0.385. The van der Waals surface area contributed by atoms with Crippen LogP contribution < -0.4 is 4.74 Å². The standard InChI is InChI=1S/C16H13BrClNO4/c1-9-3-4-11(6-14(9)19(21)22)15(20)8-23-16-10(2)5-12(17)7-13(16)18/h3-7H,8H2,1-2H3. The van der Waals surface area contributed by atoms with Crippen LogP contribution in [0.1, 0.15) is 21.5 Å². The van der Waals surface area contributed by atoms with Crippen LogP contribution in [0.2, 0.25) is 5.02 Å². The summed E-state index contributed by atoms with van der Waals surface area (Å²) in [5, 5.41) is 11.3. The average molecular weight is 399 g/mol. The first-order valence-corrected chi connectivity index (χ1v) is 7.83. The van der Waals surface area contributed by atoms with Crippen molar-refractivity contribution in [2.75, 3.05) is 6.61 Å². The zero-order chi connectivity index (χ0) is 17.1. The number of aryl methyl sites for hydroxylation is 2. The molecule has 0 saturated carbocycles. The SMILES string of the molecule is Cc1ccc(C(=O)COc2c(C)cc(Br)cc2Cl)cc1[N+](=O)[O-]. The first kappa shape index (κ1) is 17.4. The molecule has 23 heavy (non-hydrogen) atoms. The summed E-state index contributed by atoms with van der Waals surface area (Å²) in [5.41, 5.74) is 1.42. The number of benzene rings is 2. The number of hydrogen-bond donors (Lipinski definition) is 0. The molecule has 0 radical (unpaired) electrons. The molecule has 0 aliphatic carbocycles. The third-order valence-corrected chi connectivity index (χ3v) is 4.01. The van der Waals surface area contributed by atoms with Gasteiger partial charge in [-0.05, 0) is 31.5 Å². The third-order valence-electron chi connectivity index (χ3n) is 3.27. The molecule has 0 amide bonds. The Labute approximate surface area is 146 Å². The molecule has 0 heterocycles. The fraction of sp³-hybridized carbons (Fsp3) is 0.188. The lowest BCUT2D eigenvalue weighted by atomic mass is 10.1. The number of hydrogen-bond acceptors (Lipinski definition) is 4. The second-order valence-electron chi connectivity index (χ2n) is 5.00. The van der Waals surface area contributed by atoms with E-state index >= 15 is 0 Å². The monoisotopic (exact) mass is 397 g/mol. The van der Waals surface area contributed by atoms with Crippen molar-refractivity contribution in [3.05, 3.63) is 66.6 Å². The summed E-state index contributed by atoms with van der Waals surface area (Å²) in [6.07, 6.45) is 0. The molecule has 2 aromatic carbocycles. The van der Waals surface area contributed by atoms with Gasteiger partial charge in [-0.15, -0.1) is 0 Å². The van der Waals surface area contributed by atoms with Crippen LogP contribution in [0.15, 0.2) is 34.8 Å². The average Bonchev–Trinajstić information content (AvgIpc) is 2.45. The maximum absolute atomic E-state index is 12.2. The van der Waals surface area contributed by atoms with E-state index in [-0.39, 0.29) is 23.6 Å². The third kappa shape index (κ3) is 4.09. The van der Waals surface area contributed by atoms with Gasteiger partial charge in [0.25, 0.3) is 5.69 Å². The van der Waals surface area contributed by atoms with Crippen LogP contribution in [0.25, 0.3) is 0 Å². The van der Waals surface area contributed by atoms with Crippen LogP contribution in [0.4, 0.5) is 5.69 Å². The normalized spacial score (nSPS) is 10.4. The molecule has 0 unspecified atom stereocenters. The van der Waals surface area contributed by atoms with E-state index in [9.17, 15) is 14.9 Å². The van der Waals surface area contributed by atoms with Crippen LogP contribution >= 0.6 is 27.5 Å². The number of nitro benzene ring substituents is 1. The molecule has 0 N–H and O–H groups in total. The number of carbonyl (C=O) groups is 1. The molecule has 0 bridgehead atoms. The number of ether oxygens (including phenoxy) is 1. The van der Waals surface area contributed by atoms with Gasteiger partial charge in [0.05, 0.1) is 9.95 Å². The van der Waals surface area contributed by atoms with Gasteiger partial charge < -0.3 is 4.74 Å². The summed E-state index contributed by atoms with van der Waals surface area (Å²) in [6, 6.07) is 7.85. The topological polar surface area (TPSA) is 69.4 Å². The van der Waals surface area contributed by atoms with Crippen molar-refractivity contribution in [2.45, 2.75) is 13.8 Å². The molecular formula is C16H13BrClNO4. The largest absolute Gasteiger partial charge is 0.484 e. The molecule has 0 aromatic heterocycles. The van der Waals surface area contributed by atoms with Crippen LogP contribution in [0.3, 0.4) is 0 Å². The van der Waals surface area contributed by atoms with E-state index in [0.29, 0.717) is 16.3 Å². The van der Waals surface area contributed by atoms with Crippen LogP contribution in [0, 0.1) is 24.0 Å². The van der Waals surface area contributed by atoms with Gasteiger partial charge in [0.2, 0.25) is 0 Å². The number of Topliss-reactive ketones (excluding diaryl/α,β-unsaturated/α-hetero) is 1. The van der Waals surface area contributed by atoms with E-state index in [4.69, 9.17) is 16.3 Å². The zero-order valence-corrected chi connectivity index (χ0v) is 14.8. The molecule has 0 saturated heterocycles. The van der Waals surface area contributed by atoms with Gasteiger partial charge in [0, 0.05) is 21.7 Å². The van der Waals surface area contributed by atoms with Crippen molar-refractivity contribution in [2.24, 2.45) is 0 Å². The predicted molar refractivity (Wildman–Crippen MR) is 91.5 cm³/mol. The van der Waals surface area contributed by atoms with E-state index in [2.05, 4.69) is 15.9 Å². The van der Waals surface area contributed by atoms with Crippen LogP contribution in [0.5, 0.6) is 5.75 Å². The number of carbonyl (C=O) groups excluding carboxylic acids is 1. The van der Waals surface area contributed by atoms with E-state index in [1.807, 2.05) is 13.0 Å². The van der Waals surface area contributed by atoms with Crippen LogP contribution in [-0.4, -0.2) is 17.3 Å². The highest BCUT2D eigenvalue weighted by Crippen LogP contribution is 2.32. The van der Waals surface area contributed by atoms with Gasteiger partial charge in [-0.1, -0.05) is 39.7 Å². The summed E-state index contributed by atoms with van der Waals surface area (Å²) in [7, 11) is 0. The highest BCUT2D eigenvalue weighted by Gasteiger charge is 2.16. The number of ketones is 1. The van der Waals surface area contributed by atoms with Crippen molar-refractivity contribution in [3.8, 4) is 5.75 Å². The number of nitrogens with zero attached hydrogens (tertiary/aromatic N) is 1. The van der Waals surface area contributed by atoms with E-state index < -0.39 is 4.92 Å². The summed E-state index contributed by atoms with van der Waals surface area (Å²) >= 11 is 9.42. The zero-order valence-electron chi connectivity index (χ0n) is 12.4. The smallest absolute Gasteiger partial charge is 0.273 e. The Morgan fingerprint density at radius 2 is 1.96 bits per heavy atom. The van der Waals surface area contributed by atoms with E-state index in [0.717, 1.165) is 10.0 Å². The van der Waals surface area contributed by atoms with Crippen molar-refractivity contribution < 1.29 is 14.5 Å².